The predicted molar refractivity (Wildman–Crippen MR) is 61.4 cm³/mol. The van der Waals surface area contributed by atoms with Gasteiger partial charge in [0.2, 0.25) is 0 Å². The Kier molecular flexibility index (Phi) is 1.77. The molecule has 0 atom stereocenters. The second kappa shape index (κ2) is 2.83. The molecule has 1 aromatic carbocycles. The number of hydrazine groups is 1. The van der Waals surface area contributed by atoms with Crippen molar-refractivity contribution < 1.29 is 0 Å². The normalized spacial score (nSPS) is 36.9. The minimum absolute atomic E-state index is 0.294. The van der Waals surface area contributed by atoms with Crippen molar-refractivity contribution in [2.75, 3.05) is 0 Å². The molecule has 3 fully saturated rings. The Morgan fingerprint density at radius 2 is 2.07 bits per heavy atom. The zero-order valence-electron chi connectivity index (χ0n) is 9.22. The van der Waals surface area contributed by atoms with E-state index in [9.17, 15) is 0 Å². The maximum atomic E-state index is 5.55. The lowest BCUT2D eigenvalue weighted by atomic mass is 9.37. The van der Waals surface area contributed by atoms with Gasteiger partial charge in [-0.1, -0.05) is 31.2 Å². The second-order valence-corrected chi connectivity index (χ2v) is 5.29. The van der Waals surface area contributed by atoms with Gasteiger partial charge in [0.25, 0.3) is 0 Å². The van der Waals surface area contributed by atoms with Crippen LogP contribution in [0.1, 0.15) is 37.3 Å². The third-order valence-corrected chi connectivity index (χ3v) is 4.28. The van der Waals surface area contributed by atoms with Crippen molar-refractivity contribution in [2.45, 2.75) is 43.6 Å². The molecule has 2 nitrogen and oxygen atoms in total. The Balaban J connectivity index is 1.84. The van der Waals surface area contributed by atoms with E-state index >= 15 is 0 Å². The van der Waals surface area contributed by atoms with Gasteiger partial charge in [-0.3, -0.25) is 11.3 Å². The minimum Gasteiger partial charge on any atom is -0.271 e. The van der Waals surface area contributed by atoms with Crippen LogP contribution >= 0.6 is 0 Å². The molecule has 2 heteroatoms. The van der Waals surface area contributed by atoms with Crippen LogP contribution in [0.5, 0.6) is 0 Å². The van der Waals surface area contributed by atoms with Gasteiger partial charge in [0.1, 0.15) is 0 Å². The van der Waals surface area contributed by atoms with E-state index < -0.39 is 0 Å². The lowest BCUT2D eigenvalue weighted by Gasteiger charge is -2.70. The van der Waals surface area contributed by atoms with Gasteiger partial charge >= 0.3 is 0 Å². The van der Waals surface area contributed by atoms with Crippen LogP contribution in [0.2, 0.25) is 0 Å². The molecule has 0 radical (unpaired) electrons. The number of hydrogen-bond donors (Lipinski definition) is 2. The standard InChI is InChI=1S/C13H18N2/c1-2-10-4-3-5-11(6-10)12-7-13(8-12,9-12)15-14/h3-6,15H,2,7-9,14H2,1H3. The molecule has 4 rings (SSSR count). The molecular weight excluding hydrogens is 184 g/mol. The Hall–Kier alpha value is -0.860. The fraction of sp³-hybridized carbons (Fsp3) is 0.538. The molecule has 1 aromatic rings. The van der Waals surface area contributed by atoms with E-state index in [2.05, 4.69) is 36.6 Å². The summed E-state index contributed by atoms with van der Waals surface area (Å²) < 4.78 is 0. The van der Waals surface area contributed by atoms with Crippen molar-refractivity contribution in [3.63, 3.8) is 0 Å². The van der Waals surface area contributed by atoms with Crippen LogP contribution in [-0.4, -0.2) is 5.54 Å². The highest BCUT2D eigenvalue weighted by atomic mass is 15.3. The predicted octanol–water partition coefficient (Wildman–Crippen LogP) is 1.89. The average Bonchev–Trinajstić information content (AvgIpc) is 2.15. The van der Waals surface area contributed by atoms with Crippen molar-refractivity contribution in [3.8, 4) is 0 Å². The first-order chi connectivity index (χ1) is 7.22. The number of hydrogen-bond acceptors (Lipinski definition) is 2. The molecule has 0 amide bonds. The van der Waals surface area contributed by atoms with E-state index in [1.807, 2.05) is 0 Å². The molecule has 2 bridgehead atoms. The highest BCUT2D eigenvalue weighted by molar-refractivity contribution is 5.42. The third kappa shape index (κ3) is 1.12. The molecule has 0 unspecified atom stereocenters. The van der Waals surface area contributed by atoms with Crippen molar-refractivity contribution in [3.05, 3.63) is 35.4 Å². The minimum atomic E-state index is 0.294. The zero-order chi connectivity index (χ0) is 10.5. The van der Waals surface area contributed by atoms with E-state index in [-0.39, 0.29) is 0 Å². The van der Waals surface area contributed by atoms with E-state index in [1.165, 1.54) is 30.4 Å². The molecule has 3 aliphatic carbocycles. The Labute approximate surface area is 90.8 Å². The molecule has 15 heavy (non-hydrogen) atoms. The van der Waals surface area contributed by atoms with Crippen LogP contribution in [0.25, 0.3) is 0 Å². The van der Waals surface area contributed by atoms with Gasteiger partial charge in [0.05, 0.1) is 0 Å². The largest absolute Gasteiger partial charge is 0.271 e. The summed E-state index contributed by atoms with van der Waals surface area (Å²) in [6.07, 6.45) is 4.81. The van der Waals surface area contributed by atoms with Crippen molar-refractivity contribution in [1.82, 2.24) is 5.43 Å². The van der Waals surface area contributed by atoms with Gasteiger partial charge in [-0.05, 0) is 36.8 Å². The second-order valence-electron chi connectivity index (χ2n) is 5.29. The molecule has 3 aliphatic rings. The molecule has 3 saturated carbocycles. The monoisotopic (exact) mass is 202 g/mol. The average molecular weight is 202 g/mol. The lowest BCUT2D eigenvalue weighted by molar-refractivity contribution is -0.0882. The summed E-state index contributed by atoms with van der Waals surface area (Å²) in [6.45, 7) is 2.21. The van der Waals surface area contributed by atoms with Gasteiger partial charge in [-0.2, -0.15) is 0 Å². The molecule has 0 aromatic heterocycles. The fourth-order valence-corrected chi connectivity index (χ4v) is 3.37. The highest BCUT2D eigenvalue weighted by Gasteiger charge is 2.67. The maximum Gasteiger partial charge on any atom is 0.0346 e. The summed E-state index contributed by atoms with van der Waals surface area (Å²) in [6, 6.07) is 9.06. The van der Waals surface area contributed by atoms with E-state index in [1.54, 1.807) is 0 Å². The number of benzene rings is 1. The Morgan fingerprint density at radius 1 is 1.33 bits per heavy atom. The topological polar surface area (TPSA) is 38.0 Å². The molecule has 80 valence electrons. The maximum absolute atomic E-state index is 5.55. The first kappa shape index (κ1) is 9.37. The SMILES string of the molecule is CCc1cccc(C23CC(NN)(C2)C3)c1. The molecular formula is C13H18N2. The van der Waals surface area contributed by atoms with Crippen LogP contribution in [0.3, 0.4) is 0 Å². The van der Waals surface area contributed by atoms with E-state index in [0.29, 0.717) is 11.0 Å². The summed E-state index contributed by atoms with van der Waals surface area (Å²) >= 11 is 0. The van der Waals surface area contributed by atoms with Crippen LogP contribution in [0.15, 0.2) is 24.3 Å². The van der Waals surface area contributed by atoms with Crippen molar-refractivity contribution >= 4 is 0 Å². The van der Waals surface area contributed by atoms with E-state index in [4.69, 9.17) is 5.84 Å². The van der Waals surface area contributed by atoms with Crippen molar-refractivity contribution in [2.24, 2.45) is 5.84 Å². The first-order valence-electron chi connectivity index (χ1n) is 5.79. The molecule has 0 saturated heterocycles. The van der Waals surface area contributed by atoms with Crippen LogP contribution in [0.4, 0.5) is 0 Å². The van der Waals surface area contributed by atoms with Gasteiger partial charge < -0.3 is 0 Å². The number of aryl methyl sites for hydroxylation is 1. The summed E-state index contributed by atoms with van der Waals surface area (Å²) in [5.41, 5.74) is 6.71. The quantitative estimate of drug-likeness (QED) is 0.580. The Bertz CT molecular complexity index is 378. The first-order valence-corrected chi connectivity index (χ1v) is 5.79. The van der Waals surface area contributed by atoms with Crippen LogP contribution in [-0.2, 0) is 11.8 Å². The molecule has 3 N–H and O–H groups in total. The van der Waals surface area contributed by atoms with Gasteiger partial charge in [-0.15, -0.1) is 0 Å². The molecule has 0 aliphatic heterocycles. The number of rotatable bonds is 3. The number of nitrogens with one attached hydrogen (secondary N) is 1. The van der Waals surface area contributed by atoms with Gasteiger partial charge in [-0.25, -0.2) is 0 Å². The molecule has 0 heterocycles. The summed E-state index contributed by atoms with van der Waals surface area (Å²) in [7, 11) is 0. The Morgan fingerprint density at radius 3 is 2.67 bits per heavy atom. The van der Waals surface area contributed by atoms with E-state index in [0.717, 1.165) is 6.42 Å². The van der Waals surface area contributed by atoms with Gasteiger partial charge in [0, 0.05) is 11.0 Å². The lowest BCUT2D eigenvalue weighted by Crippen LogP contribution is -2.77. The fourth-order valence-electron chi connectivity index (χ4n) is 3.37. The summed E-state index contributed by atoms with van der Waals surface area (Å²) in [5.74, 6) is 5.55. The van der Waals surface area contributed by atoms with Crippen LogP contribution < -0.4 is 11.3 Å². The van der Waals surface area contributed by atoms with Crippen molar-refractivity contribution in [1.29, 1.82) is 0 Å². The smallest absolute Gasteiger partial charge is 0.0346 e. The molecule has 0 spiro atoms. The summed E-state index contributed by atoms with van der Waals surface area (Å²) in [4.78, 5) is 0. The summed E-state index contributed by atoms with van der Waals surface area (Å²) in [5, 5.41) is 0. The van der Waals surface area contributed by atoms with Gasteiger partial charge in [0.15, 0.2) is 0 Å². The zero-order valence-corrected chi connectivity index (χ0v) is 9.22. The number of nitrogens with two attached hydrogens (primary N) is 1. The third-order valence-electron chi connectivity index (χ3n) is 4.28. The highest BCUT2D eigenvalue weighted by Crippen LogP contribution is 2.67. The van der Waals surface area contributed by atoms with Crippen LogP contribution in [0, 0.1) is 0 Å².